The summed E-state index contributed by atoms with van der Waals surface area (Å²) >= 11 is 5.71. The topological polar surface area (TPSA) is 190 Å². The van der Waals surface area contributed by atoms with Crippen molar-refractivity contribution < 1.29 is 31.1 Å². The number of hydrogen-bond donors (Lipinski definition) is 4. The van der Waals surface area contributed by atoms with Gasteiger partial charge in [0.05, 0.1) is 23.5 Å². The summed E-state index contributed by atoms with van der Waals surface area (Å²) < 4.78 is 77.8. The SMILES string of the molecule is CNC(=O)[C@H]1CC[C@@H](Nc2nc(NCc3cnccc3C(F)(F)F)ncc2C#N)CC1.N#Cc1cnc(NCc2cnccc2C(F)(F)F)nc1Cl. The number of hydrogen-bond acceptors (Lipinski definition) is 12. The molecular formula is C32H29ClF6N12O. The zero-order valence-electron chi connectivity index (χ0n) is 27.1. The van der Waals surface area contributed by atoms with E-state index in [4.69, 9.17) is 16.9 Å². The van der Waals surface area contributed by atoms with Gasteiger partial charge in [0.15, 0.2) is 5.15 Å². The number of halogens is 7. The van der Waals surface area contributed by atoms with E-state index < -0.39 is 23.5 Å². The van der Waals surface area contributed by atoms with Crippen LogP contribution in [0.1, 0.15) is 59.1 Å². The molecule has 1 saturated carbocycles. The highest BCUT2D eigenvalue weighted by Gasteiger charge is 2.34. The summed E-state index contributed by atoms with van der Waals surface area (Å²) in [6, 6.07) is 5.64. The average Bonchev–Trinajstić information content (AvgIpc) is 3.13. The second-order valence-corrected chi connectivity index (χ2v) is 11.5. The van der Waals surface area contributed by atoms with Crippen LogP contribution in [0.4, 0.5) is 44.1 Å². The zero-order chi connectivity index (χ0) is 37.9. The van der Waals surface area contributed by atoms with Crippen LogP contribution in [0.25, 0.3) is 0 Å². The molecule has 1 amide bonds. The lowest BCUT2D eigenvalue weighted by molar-refractivity contribution is -0.139. The van der Waals surface area contributed by atoms with Crippen molar-refractivity contribution in [3.8, 4) is 12.1 Å². The third-order valence-electron chi connectivity index (χ3n) is 7.75. The van der Waals surface area contributed by atoms with Crippen molar-refractivity contribution in [1.82, 2.24) is 35.2 Å². The van der Waals surface area contributed by atoms with Crippen LogP contribution in [0.2, 0.25) is 5.15 Å². The number of nitrogens with one attached hydrogen (secondary N) is 4. The molecule has 0 spiro atoms. The fourth-order valence-electron chi connectivity index (χ4n) is 5.12. The van der Waals surface area contributed by atoms with Crippen LogP contribution in [-0.4, -0.2) is 48.9 Å². The molecule has 0 saturated heterocycles. The van der Waals surface area contributed by atoms with Crippen LogP contribution in [0.5, 0.6) is 0 Å². The molecule has 272 valence electrons. The van der Waals surface area contributed by atoms with Gasteiger partial charge in [0.25, 0.3) is 0 Å². The van der Waals surface area contributed by atoms with E-state index in [0.29, 0.717) is 5.82 Å². The number of nitriles is 2. The van der Waals surface area contributed by atoms with Gasteiger partial charge in [-0.25, -0.2) is 9.97 Å². The first-order chi connectivity index (χ1) is 24.7. The van der Waals surface area contributed by atoms with E-state index in [0.717, 1.165) is 62.6 Å². The van der Waals surface area contributed by atoms with Crippen LogP contribution in [0.3, 0.4) is 0 Å². The van der Waals surface area contributed by atoms with Crippen LogP contribution < -0.4 is 21.3 Å². The maximum Gasteiger partial charge on any atom is 0.416 e. The molecule has 4 aromatic heterocycles. The number of anilines is 3. The number of nitrogens with zero attached hydrogens (tertiary/aromatic N) is 8. The Bertz CT molecular complexity index is 1940. The highest BCUT2D eigenvalue weighted by Crippen LogP contribution is 2.33. The Morgan fingerprint density at radius 3 is 1.77 bits per heavy atom. The lowest BCUT2D eigenvalue weighted by atomic mass is 9.85. The minimum Gasteiger partial charge on any atom is -0.366 e. The van der Waals surface area contributed by atoms with Crippen molar-refractivity contribution in [3.63, 3.8) is 0 Å². The van der Waals surface area contributed by atoms with E-state index in [1.54, 1.807) is 13.1 Å². The summed E-state index contributed by atoms with van der Waals surface area (Å²) in [4.78, 5) is 35.0. The second-order valence-electron chi connectivity index (χ2n) is 11.2. The fraction of sp³-hybridized carbons (Fsp3) is 0.344. The molecule has 0 radical (unpaired) electrons. The number of carbonyl (C=O) groups excluding carboxylic acids is 1. The maximum atomic E-state index is 13.1. The van der Waals surface area contributed by atoms with Gasteiger partial charge in [-0.2, -0.15) is 46.8 Å². The first kappa shape index (κ1) is 39.0. The van der Waals surface area contributed by atoms with Crippen LogP contribution >= 0.6 is 11.6 Å². The molecule has 0 aliphatic heterocycles. The van der Waals surface area contributed by atoms with Crippen molar-refractivity contribution in [2.24, 2.45) is 5.92 Å². The molecule has 13 nitrogen and oxygen atoms in total. The summed E-state index contributed by atoms with van der Waals surface area (Å²) in [5, 5.41) is 29.2. The third-order valence-corrected chi connectivity index (χ3v) is 8.04. The predicted octanol–water partition coefficient (Wildman–Crippen LogP) is 6.12. The van der Waals surface area contributed by atoms with Crippen molar-refractivity contribution in [3.05, 3.63) is 87.8 Å². The Hall–Kier alpha value is -5.82. The molecule has 4 aromatic rings. The summed E-state index contributed by atoms with van der Waals surface area (Å²) in [7, 11) is 1.62. The molecule has 0 bridgehead atoms. The molecule has 0 aromatic carbocycles. The molecular weight excluding hydrogens is 718 g/mol. The minimum atomic E-state index is -4.49. The molecule has 4 heterocycles. The quantitative estimate of drug-likeness (QED) is 0.114. The number of carbonyl (C=O) groups is 1. The Labute approximate surface area is 297 Å². The van der Waals surface area contributed by atoms with E-state index >= 15 is 0 Å². The molecule has 1 fully saturated rings. The van der Waals surface area contributed by atoms with Crippen LogP contribution in [-0.2, 0) is 30.2 Å². The van der Waals surface area contributed by atoms with Crippen molar-refractivity contribution >= 4 is 35.2 Å². The van der Waals surface area contributed by atoms with Gasteiger partial charge < -0.3 is 21.3 Å². The number of rotatable bonds is 9. The summed E-state index contributed by atoms with van der Waals surface area (Å²) in [6.45, 7) is -0.351. The minimum absolute atomic E-state index is 0.0241. The lowest BCUT2D eigenvalue weighted by Gasteiger charge is -2.28. The maximum absolute atomic E-state index is 13.1. The Balaban J connectivity index is 0.000000251. The first-order valence-electron chi connectivity index (χ1n) is 15.4. The van der Waals surface area contributed by atoms with Gasteiger partial charge in [0.2, 0.25) is 17.8 Å². The van der Waals surface area contributed by atoms with Gasteiger partial charge in [0, 0.05) is 68.0 Å². The highest BCUT2D eigenvalue weighted by molar-refractivity contribution is 6.30. The summed E-state index contributed by atoms with van der Waals surface area (Å²) in [5.74, 6) is 0.431. The molecule has 1 aliphatic carbocycles. The van der Waals surface area contributed by atoms with E-state index in [-0.39, 0.29) is 70.3 Å². The Morgan fingerprint density at radius 2 is 1.31 bits per heavy atom. The van der Waals surface area contributed by atoms with Crippen molar-refractivity contribution in [2.45, 2.75) is 57.2 Å². The summed E-state index contributed by atoms with van der Waals surface area (Å²) in [6.07, 6.45) is 0.869. The van der Waals surface area contributed by atoms with Gasteiger partial charge in [-0.15, -0.1) is 0 Å². The normalized spacial score (nSPS) is 15.6. The van der Waals surface area contributed by atoms with Crippen molar-refractivity contribution in [2.75, 3.05) is 23.0 Å². The Kier molecular flexibility index (Phi) is 13.0. The Morgan fingerprint density at radius 1 is 0.808 bits per heavy atom. The van der Waals surface area contributed by atoms with E-state index in [1.165, 1.54) is 12.4 Å². The lowest BCUT2D eigenvalue weighted by Crippen LogP contribution is -2.34. The van der Waals surface area contributed by atoms with Gasteiger partial charge in [0.1, 0.15) is 29.1 Å². The van der Waals surface area contributed by atoms with Crippen LogP contribution in [0, 0.1) is 28.6 Å². The molecule has 0 unspecified atom stereocenters. The van der Waals surface area contributed by atoms with Gasteiger partial charge >= 0.3 is 12.4 Å². The number of aromatic nitrogens is 6. The molecule has 1 aliphatic rings. The molecule has 52 heavy (non-hydrogen) atoms. The van der Waals surface area contributed by atoms with E-state index in [9.17, 15) is 36.4 Å². The van der Waals surface area contributed by atoms with Crippen molar-refractivity contribution in [1.29, 1.82) is 10.5 Å². The number of pyridine rings is 2. The van der Waals surface area contributed by atoms with E-state index in [2.05, 4.69) is 51.2 Å². The summed E-state index contributed by atoms with van der Waals surface area (Å²) in [5.41, 5.74) is -1.34. The highest BCUT2D eigenvalue weighted by atomic mass is 35.5. The smallest absolute Gasteiger partial charge is 0.366 e. The molecule has 20 heteroatoms. The van der Waals surface area contributed by atoms with Crippen LogP contribution in [0.15, 0.2) is 49.3 Å². The predicted molar refractivity (Wildman–Crippen MR) is 175 cm³/mol. The first-order valence-corrected chi connectivity index (χ1v) is 15.8. The molecule has 5 rings (SSSR count). The fourth-order valence-corrected chi connectivity index (χ4v) is 5.29. The zero-order valence-corrected chi connectivity index (χ0v) is 27.9. The van der Waals surface area contributed by atoms with E-state index in [1.807, 2.05) is 6.07 Å². The third kappa shape index (κ3) is 10.6. The van der Waals surface area contributed by atoms with Gasteiger partial charge in [-0.05, 0) is 37.8 Å². The van der Waals surface area contributed by atoms with Gasteiger partial charge in [-0.3, -0.25) is 14.8 Å². The molecule has 0 atom stereocenters. The second kappa shape index (κ2) is 17.4. The van der Waals surface area contributed by atoms with Gasteiger partial charge in [-0.1, -0.05) is 11.6 Å². The largest absolute Gasteiger partial charge is 0.416 e. The standard InChI is InChI=1S/C20H22F3N7O.C12H7ClF3N5/c1-25-18(31)12-2-4-15(5-3-12)29-17-13(8-24)10-27-19(30-17)28-11-14-9-26-7-6-16(14)20(21,22)23;13-10-7(3-17)5-19-11(21-10)20-6-8-4-18-2-1-9(8)12(14,15)16/h6-7,9-10,12,15H,2-5,11H2,1H3,(H,25,31)(H2,27,28,29,30);1-2,4-5H,6H2,(H,19,20,21)/t12-,15+;. The average molecular weight is 747 g/mol. The number of alkyl halides is 6. The monoisotopic (exact) mass is 746 g/mol. The molecule has 4 N–H and O–H groups in total. The number of amides is 1.